The minimum absolute atomic E-state index is 0.00637. The summed E-state index contributed by atoms with van der Waals surface area (Å²) in [5.41, 5.74) is 7.63. The van der Waals surface area contributed by atoms with E-state index in [1.54, 1.807) is 31.2 Å². The number of anilines is 3. The molecule has 0 atom stereocenters. The van der Waals surface area contributed by atoms with Crippen molar-refractivity contribution in [2.45, 2.75) is 26.9 Å². The largest absolute Gasteiger partial charge is 0.473 e. The number of nitrogen functional groups attached to an aromatic ring is 1. The van der Waals surface area contributed by atoms with Gasteiger partial charge in [-0.3, -0.25) is 0 Å². The van der Waals surface area contributed by atoms with E-state index >= 15 is 0 Å². The Morgan fingerprint density at radius 3 is 2.65 bits per heavy atom. The van der Waals surface area contributed by atoms with Crippen LogP contribution < -0.4 is 15.8 Å². The van der Waals surface area contributed by atoms with Crippen LogP contribution in [0.2, 0.25) is 0 Å². The van der Waals surface area contributed by atoms with Crippen LogP contribution in [-0.2, 0) is 0 Å². The quantitative estimate of drug-likeness (QED) is 0.894. The predicted octanol–water partition coefficient (Wildman–Crippen LogP) is 3.64. The molecule has 0 amide bonds. The van der Waals surface area contributed by atoms with Crippen LogP contribution in [0.1, 0.15) is 19.4 Å². The van der Waals surface area contributed by atoms with Gasteiger partial charge in [0.15, 0.2) is 0 Å². The number of ether oxygens (including phenoxy) is 1. The summed E-state index contributed by atoms with van der Waals surface area (Å²) in [5, 5.41) is 3.10. The molecule has 0 fully saturated rings. The molecule has 0 aliphatic rings. The third-order valence-corrected chi connectivity index (χ3v) is 2.67. The maximum atomic E-state index is 13.2. The van der Waals surface area contributed by atoms with Crippen LogP contribution in [0.3, 0.4) is 0 Å². The van der Waals surface area contributed by atoms with Crippen LogP contribution >= 0.6 is 0 Å². The molecule has 0 aliphatic heterocycles. The van der Waals surface area contributed by atoms with Gasteiger partial charge in [0.2, 0.25) is 5.88 Å². The molecule has 2 aromatic rings. The van der Waals surface area contributed by atoms with E-state index in [9.17, 15) is 4.39 Å². The number of pyridine rings is 1. The zero-order chi connectivity index (χ0) is 14.7. The van der Waals surface area contributed by atoms with Crippen molar-refractivity contribution in [3.8, 4) is 5.88 Å². The SMILES string of the molecule is Cc1cc(Nc2ccc(N)c(OC(C)C)n2)ccc1F. The summed E-state index contributed by atoms with van der Waals surface area (Å²) in [5.74, 6) is 0.759. The van der Waals surface area contributed by atoms with E-state index in [-0.39, 0.29) is 11.9 Å². The second-order valence-corrected chi connectivity index (χ2v) is 4.85. The van der Waals surface area contributed by atoms with Crippen LogP contribution in [0.25, 0.3) is 0 Å². The number of nitrogens with one attached hydrogen (secondary N) is 1. The minimum Gasteiger partial charge on any atom is -0.473 e. The first kappa shape index (κ1) is 14.1. The van der Waals surface area contributed by atoms with Gasteiger partial charge in [0.05, 0.1) is 11.8 Å². The first-order chi connectivity index (χ1) is 9.45. The number of nitrogens with zero attached hydrogens (tertiary/aromatic N) is 1. The summed E-state index contributed by atoms with van der Waals surface area (Å²) < 4.78 is 18.7. The lowest BCUT2D eigenvalue weighted by Crippen LogP contribution is -2.09. The third kappa shape index (κ3) is 3.38. The van der Waals surface area contributed by atoms with Gasteiger partial charge in [-0.1, -0.05) is 0 Å². The predicted molar refractivity (Wildman–Crippen MR) is 78.8 cm³/mol. The standard InChI is InChI=1S/C15H18FN3O/c1-9(2)20-15-13(17)6-7-14(19-15)18-11-4-5-12(16)10(3)8-11/h4-9H,17H2,1-3H3,(H,18,19). The summed E-state index contributed by atoms with van der Waals surface area (Å²) in [7, 11) is 0. The van der Waals surface area contributed by atoms with E-state index in [4.69, 9.17) is 10.5 Å². The van der Waals surface area contributed by atoms with Crippen LogP contribution in [-0.4, -0.2) is 11.1 Å². The first-order valence-electron chi connectivity index (χ1n) is 6.42. The van der Waals surface area contributed by atoms with Crippen molar-refractivity contribution in [2.75, 3.05) is 11.1 Å². The molecule has 20 heavy (non-hydrogen) atoms. The van der Waals surface area contributed by atoms with Crippen molar-refractivity contribution in [2.24, 2.45) is 0 Å². The summed E-state index contributed by atoms with van der Waals surface area (Å²) >= 11 is 0. The Kier molecular flexibility index (Phi) is 4.08. The van der Waals surface area contributed by atoms with Gasteiger partial charge in [0, 0.05) is 5.69 Å². The fourth-order valence-electron chi connectivity index (χ4n) is 1.71. The molecule has 0 aliphatic carbocycles. The molecule has 1 aromatic heterocycles. The van der Waals surface area contributed by atoms with Crippen LogP contribution in [0.15, 0.2) is 30.3 Å². The number of hydrogen-bond donors (Lipinski definition) is 2. The van der Waals surface area contributed by atoms with E-state index in [1.807, 2.05) is 13.8 Å². The zero-order valence-electron chi connectivity index (χ0n) is 11.8. The molecular formula is C15H18FN3O. The molecule has 5 heteroatoms. The van der Waals surface area contributed by atoms with E-state index < -0.39 is 0 Å². The van der Waals surface area contributed by atoms with Gasteiger partial charge >= 0.3 is 0 Å². The summed E-state index contributed by atoms with van der Waals surface area (Å²) in [4.78, 5) is 4.31. The lowest BCUT2D eigenvalue weighted by atomic mass is 10.2. The summed E-state index contributed by atoms with van der Waals surface area (Å²) in [6.45, 7) is 5.53. The topological polar surface area (TPSA) is 60.2 Å². The number of aryl methyl sites for hydroxylation is 1. The maximum absolute atomic E-state index is 13.2. The van der Waals surface area contributed by atoms with Gasteiger partial charge < -0.3 is 15.8 Å². The van der Waals surface area contributed by atoms with Crippen LogP contribution in [0.5, 0.6) is 5.88 Å². The molecule has 0 bridgehead atoms. The zero-order valence-corrected chi connectivity index (χ0v) is 11.8. The van der Waals surface area contributed by atoms with Crippen molar-refractivity contribution in [1.29, 1.82) is 0 Å². The number of rotatable bonds is 4. The van der Waals surface area contributed by atoms with Gasteiger partial charge in [0.25, 0.3) is 0 Å². The molecule has 2 rings (SSSR count). The van der Waals surface area contributed by atoms with E-state index in [0.29, 0.717) is 22.9 Å². The Morgan fingerprint density at radius 2 is 2.00 bits per heavy atom. The number of benzene rings is 1. The molecule has 106 valence electrons. The second kappa shape index (κ2) is 5.77. The normalized spacial score (nSPS) is 10.7. The molecule has 0 saturated carbocycles. The number of halogens is 1. The Balaban J connectivity index is 2.22. The van der Waals surface area contributed by atoms with E-state index in [1.165, 1.54) is 6.07 Å². The van der Waals surface area contributed by atoms with Crippen molar-refractivity contribution in [1.82, 2.24) is 4.98 Å². The van der Waals surface area contributed by atoms with E-state index in [0.717, 1.165) is 5.69 Å². The fraction of sp³-hybridized carbons (Fsp3) is 0.267. The molecule has 4 nitrogen and oxygen atoms in total. The number of hydrogen-bond acceptors (Lipinski definition) is 4. The van der Waals surface area contributed by atoms with Crippen LogP contribution in [0.4, 0.5) is 21.6 Å². The third-order valence-electron chi connectivity index (χ3n) is 2.67. The second-order valence-electron chi connectivity index (χ2n) is 4.85. The molecule has 0 unspecified atom stereocenters. The van der Waals surface area contributed by atoms with Crippen LogP contribution in [0, 0.1) is 12.7 Å². The first-order valence-corrected chi connectivity index (χ1v) is 6.42. The Hall–Kier alpha value is -2.30. The highest BCUT2D eigenvalue weighted by Gasteiger charge is 2.07. The molecular weight excluding hydrogens is 257 g/mol. The highest BCUT2D eigenvalue weighted by Crippen LogP contribution is 2.24. The monoisotopic (exact) mass is 275 g/mol. The summed E-state index contributed by atoms with van der Waals surface area (Å²) in [6, 6.07) is 8.27. The molecule has 1 heterocycles. The number of nitrogens with two attached hydrogens (primary N) is 1. The molecule has 1 aromatic carbocycles. The molecule has 0 radical (unpaired) electrons. The van der Waals surface area contributed by atoms with Gasteiger partial charge in [-0.2, -0.15) is 4.98 Å². The van der Waals surface area contributed by atoms with Gasteiger partial charge in [-0.15, -0.1) is 0 Å². The van der Waals surface area contributed by atoms with Crippen molar-refractivity contribution in [3.05, 3.63) is 41.7 Å². The van der Waals surface area contributed by atoms with Gasteiger partial charge in [0.1, 0.15) is 11.6 Å². The van der Waals surface area contributed by atoms with Crippen molar-refractivity contribution in [3.63, 3.8) is 0 Å². The minimum atomic E-state index is -0.232. The Labute approximate surface area is 117 Å². The summed E-state index contributed by atoms with van der Waals surface area (Å²) in [6.07, 6.45) is -0.00637. The Morgan fingerprint density at radius 1 is 1.25 bits per heavy atom. The Bertz CT molecular complexity index is 614. The molecule has 0 saturated heterocycles. The average molecular weight is 275 g/mol. The lowest BCUT2D eigenvalue weighted by molar-refractivity contribution is 0.234. The lowest BCUT2D eigenvalue weighted by Gasteiger charge is -2.13. The van der Waals surface area contributed by atoms with Crippen molar-refractivity contribution >= 4 is 17.2 Å². The smallest absolute Gasteiger partial charge is 0.239 e. The fourth-order valence-corrected chi connectivity index (χ4v) is 1.71. The van der Waals surface area contributed by atoms with Gasteiger partial charge in [-0.05, 0) is 56.7 Å². The van der Waals surface area contributed by atoms with Gasteiger partial charge in [-0.25, -0.2) is 4.39 Å². The highest BCUT2D eigenvalue weighted by atomic mass is 19.1. The maximum Gasteiger partial charge on any atom is 0.239 e. The molecule has 3 N–H and O–H groups in total. The number of aromatic nitrogens is 1. The van der Waals surface area contributed by atoms with Crippen molar-refractivity contribution < 1.29 is 9.13 Å². The molecule has 0 spiro atoms. The highest BCUT2D eigenvalue weighted by molar-refractivity contribution is 5.61. The van der Waals surface area contributed by atoms with E-state index in [2.05, 4.69) is 10.3 Å². The average Bonchev–Trinajstić information content (AvgIpc) is 2.37.